The molecule has 0 aromatic rings. The van der Waals surface area contributed by atoms with Crippen molar-refractivity contribution in [2.45, 2.75) is 26.1 Å². The van der Waals surface area contributed by atoms with Gasteiger partial charge < -0.3 is 20.1 Å². The molecule has 0 aromatic heterocycles. The first-order valence-corrected chi connectivity index (χ1v) is 6.56. The third kappa shape index (κ3) is 5.07. The van der Waals surface area contributed by atoms with Gasteiger partial charge in [-0.1, -0.05) is 0 Å². The number of hydrogen-bond acceptors (Lipinski definition) is 3. The fourth-order valence-electron chi connectivity index (χ4n) is 2.12. The Morgan fingerprint density at radius 2 is 2.00 bits per heavy atom. The molecule has 1 rings (SSSR count). The van der Waals surface area contributed by atoms with Crippen LogP contribution in [-0.2, 0) is 9.53 Å². The summed E-state index contributed by atoms with van der Waals surface area (Å²) in [5.41, 5.74) is 0. The summed E-state index contributed by atoms with van der Waals surface area (Å²) >= 11 is 0. The number of amides is 2. The van der Waals surface area contributed by atoms with E-state index in [0.717, 1.165) is 4.90 Å². The summed E-state index contributed by atoms with van der Waals surface area (Å²) in [6.45, 7) is 2.93. The number of aliphatic carboxylic acids is 1. The van der Waals surface area contributed by atoms with Gasteiger partial charge in [-0.25, -0.2) is 4.79 Å². The lowest BCUT2D eigenvalue weighted by atomic mass is 9.96. The van der Waals surface area contributed by atoms with E-state index in [1.165, 1.54) is 0 Å². The summed E-state index contributed by atoms with van der Waals surface area (Å²) in [6, 6.07) is -0.708. The number of nitrogens with zero attached hydrogens (tertiary/aromatic N) is 1. The Balaban J connectivity index is 2.53. The highest BCUT2D eigenvalue weighted by atomic mass is 19.4. The van der Waals surface area contributed by atoms with Gasteiger partial charge in [0.1, 0.15) is 0 Å². The number of nitrogens with one attached hydrogen (secondary N) is 1. The van der Waals surface area contributed by atoms with E-state index < -0.39 is 43.1 Å². The number of rotatable bonds is 5. The minimum atomic E-state index is -4.64. The van der Waals surface area contributed by atoms with Crippen LogP contribution < -0.4 is 5.32 Å². The zero-order valence-electron chi connectivity index (χ0n) is 11.8. The topological polar surface area (TPSA) is 78.9 Å². The lowest BCUT2D eigenvalue weighted by Crippen LogP contribution is -2.41. The highest BCUT2D eigenvalue weighted by Gasteiger charge is 2.53. The first-order valence-electron chi connectivity index (χ1n) is 6.56. The van der Waals surface area contributed by atoms with E-state index in [4.69, 9.17) is 9.84 Å². The molecular weight excluding hydrogens is 293 g/mol. The first kappa shape index (κ1) is 17.5. The second-order valence-corrected chi connectivity index (χ2v) is 5.15. The number of alkyl halides is 3. The van der Waals surface area contributed by atoms with Crippen molar-refractivity contribution in [1.82, 2.24) is 10.2 Å². The first-order chi connectivity index (χ1) is 9.62. The van der Waals surface area contributed by atoms with Crippen molar-refractivity contribution in [3.05, 3.63) is 0 Å². The normalized spacial score (nSPS) is 22.7. The Morgan fingerprint density at radius 3 is 2.43 bits per heavy atom. The van der Waals surface area contributed by atoms with Crippen LogP contribution in [-0.4, -0.2) is 60.5 Å². The monoisotopic (exact) mass is 312 g/mol. The Kier molecular flexibility index (Phi) is 5.82. The number of likely N-dealkylation sites (tertiary alicyclic amines) is 1. The Hall–Kier alpha value is -1.51. The molecule has 0 radical (unpaired) electrons. The number of hydrogen-bond donors (Lipinski definition) is 2. The molecule has 0 bridgehead atoms. The zero-order valence-corrected chi connectivity index (χ0v) is 11.8. The summed E-state index contributed by atoms with van der Waals surface area (Å²) < 4.78 is 43.5. The average molecular weight is 312 g/mol. The number of urea groups is 1. The molecule has 2 N–H and O–H groups in total. The van der Waals surface area contributed by atoms with Crippen molar-refractivity contribution < 1.29 is 32.6 Å². The van der Waals surface area contributed by atoms with Crippen LogP contribution in [0.15, 0.2) is 0 Å². The van der Waals surface area contributed by atoms with Gasteiger partial charge in [-0.2, -0.15) is 13.2 Å². The minimum absolute atomic E-state index is 0.0142. The highest BCUT2D eigenvalue weighted by Crippen LogP contribution is 2.37. The molecule has 122 valence electrons. The number of ether oxygens (including phenoxy) is 1. The average Bonchev–Trinajstić information content (AvgIpc) is 2.79. The zero-order chi connectivity index (χ0) is 16.2. The smallest absolute Gasteiger partial charge is 0.394 e. The predicted molar refractivity (Wildman–Crippen MR) is 66.7 cm³/mol. The second kappa shape index (κ2) is 6.97. The van der Waals surface area contributed by atoms with E-state index in [0.29, 0.717) is 0 Å². The molecule has 1 aliphatic rings. The molecule has 0 aliphatic carbocycles. The van der Waals surface area contributed by atoms with E-state index in [1.807, 2.05) is 13.8 Å². The van der Waals surface area contributed by atoms with Crippen molar-refractivity contribution in [2.75, 3.05) is 26.2 Å². The standard InChI is InChI=1S/C12H19F3N2O4/c1-7(2)21-4-3-16-11(20)17-5-8(10(18)19)9(6-17)12(13,14)15/h7-9H,3-6H2,1-2H3,(H,16,20)(H,18,19)/t8-,9-/m1/s1. The van der Waals surface area contributed by atoms with Crippen LogP contribution in [0.3, 0.4) is 0 Å². The molecule has 0 aromatic carbocycles. The molecular formula is C12H19F3N2O4. The fraction of sp³-hybridized carbons (Fsp3) is 0.833. The minimum Gasteiger partial charge on any atom is -0.481 e. The molecule has 1 saturated heterocycles. The second-order valence-electron chi connectivity index (χ2n) is 5.15. The molecule has 0 saturated carbocycles. The summed E-state index contributed by atoms with van der Waals surface area (Å²) in [5.74, 6) is -5.20. The van der Waals surface area contributed by atoms with Crippen LogP contribution in [0.25, 0.3) is 0 Å². The molecule has 1 fully saturated rings. The van der Waals surface area contributed by atoms with Crippen LogP contribution in [0.1, 0.15) is 13.8 Å². The lowest BCUT2D eigenvalue weighted by Gasteiger charge is -2.19. The van der Waals surface area contributed by atoms with Gasteiger partial charge in [0.2, 0.25) is 0 Å². The summed E-state index contributed by atoms with van der Waals surface area (Å²) in [7, 11) is 0. The van der Waals surface area contributed by atoms with Gasteiger partial charge >= 0.3 is 18.2 Å². The maximum absolute atomic E-state index is 12.8. The third-order valence-corrected chi connectivity index (χ3v) is 3.17. The van der Waals surface area contributed by atoms with Crippen LogP contribution in [0, 0.1) is 11.8 Å². The van der Waals surface area contributed by atoms with Gasteiger partial charge in [0.25, 0.3) is 0 Å². The molecule has 1 aliphatic heterocycles. The van der Waals surface area contributed by atoms with Gasteiger partial charge in [-0.15, -0.1) is 0 Å². The number of carbonyl (C=O) groups excluding carboxylic acids is 1. The number of halogens is 3. The SMILES string of the molecule is CC(C)OCCNC(=O)N1C[C@@H](C(F)(F)F)[C@H](C(=O)O)C1. The van der Waals surface area contributed by atoms with Gasteiger partial charge in [0.15, 0.2) is 0 Å². The molecule has 9 heteroatoms. The van der Waals surface area contributed by atoms with Crippen LogP contribution in [0.4, 0.5) is 18.0 Å². The van der Waals surface area contributed by atoms with E-state index in [-0.39, 0.29) is 19.3 Å². The van der Waals surface area contributed by atoms with Crippen LogP contribution in [0.5, 0.6) is 0 Å². The summed E-state index contributed by atoms with van der Waals surface area (Å²) in [4.78, 5) is 23.5. The van der Waals surface area contributed by atoms with Gasteiger partial charge in [-0.05, 0) is 13.8 Å². The number of carboxylic acids is 1. The van der Waals surface area contributed by atoms with Crippen LogP contribution in [0.2, 0.25) is 0 Å². The number of carboxylic acid groups (broad SMARTS) is 1. The van der Waals surface area contributed by atoms with Crippen molar-refractivity contribution in [3.8, 4) is 0 Å². The van der Waals surface area contributed by atoms with E-state index >= 15 is 0 Å². The molecule has 0 spiro atoms. The maximum Gasteiger partial charge on any atom is 0.394 e. The largest absolute Gasteiger partial charge is 0.481 e. The molecule has 2 amide bonds. The van der Waals surface area contributed by atoms with Crippen molar-refractivity contribution >= 4 is 12.0 Å². The van der Waals surface area contributed by atoms with E-state index in [9.17, 15) is 22.8 Å². The predicted octanol–water partition coefficient (Wildman–Crippen LogP) is 1.32. The van der Waals surface area contributed by atoms with Gasteiger partial charge in [-0.3, -0.25) is 4.79 Å². The summed E-state index contributed by atoms with van der Waals surface area (Å²) in [5, 5.41) is 11.3. The molecule has 2 atom stereocenters. The lowest BCUT2D eigenvalue weighted by molar-refractivity contribution is -0.187. The third-order valence-electron chi connectivity index (χ3n) is 3.17. The van der Waals surface area contributed by atoms with Crippen molar-refractivity contribution in [3.63, 3.8) is 0 Å². The van der Waals surface area contributed by atoms with E-state index in [1.54, 1.807) is 0 Å². The Morgan fingerprint density at radius 1 is 1.38 bits per heavy atom. The quantitative estimate of drug-likeness (QED) is 0.750. The fourth-order valence-corrected chi connectivity index (χ4v) is 2.12. The van der Waals surface area contributed by atoms with Gasteiger partial charge in [0.05, 0.1) is 24.5 Å². The highest BCUT2D eigenvalue weighted by molar-refractivity contribution is 5.77. The molecule has 1 heterocycles. The number of carbonyl (C=O) groups is 2. The van der Waals surface area contributed by atoms with Crippen LogP contribution >= 0.6 is 0 Å². The molecule has 0 unspecified atom stereocenters. The Labute approximate surface area is 120 Å². The molecule has 6 nitrogen and oxygen atoms in total. The summed E-state index contributed by atoms with van der Waals surface area (Å²) in [6.07, 6.45) is -4.65. The Bertz CT molecular complexity index is 387. The van der Waals surface area contributed by atoms with Crippen molar-refractivity contribution in [1.29, 1.82) is 0 Å². The van der Waals surface area contributed by atoms with Crippen molar-refractivity contribution in [2.24, 2.45) is 11.8 Å². The van der Waals surface area contributed by atoms with Gasteiger partial charge in [0, 0.05) is 19.6 Å². The molecule has 21 heavy (non-hydrogen) atoms. The maximum atomic E-state index is 12.8. The van der Waals surface area contributed by atoms with E-state index in [2.05, 4.69) is 5.32 Å².